The van der Waals surface area contributed by atoms with E-state index in [2.05, 4.69) is 0 Å². The predicted molar refractivity (Wildman–Crippen MR) is 54.4 cm³/mol. The molecule has 1 rings (SSSR count). The lowest BCUT2D eigenvalue weighted by Crippen LogP contribution is -2.27. The van der Waals surface area contributed by atoms with Gasteiger partial charge in [0.1, 0.15) is 5.82 Å². The first-order chi connectivity index (χ1) is 6.56. The van der Waals surface area contributed by atoms with Gasteiger partial charge in [0.05, 0.1) is 6.10 Å². The number of nitrogens with two attached hydrogens (primary N) is 1. The molecule has 0 spiro atoms. The number of hydrogen-bond donors (Lipinski definition) is 2. The average Bonchev–Trinajstić information content (AvgIpc) is 2.15. The first-order valence-electron chi connectivity index (χ1n) is 4.76. The van der Waals surface area contributed by atoms with Crippen LogP contribution in [0.1, 0.15) is 30.6 Å². The van der Waals surface area contributed by atoms with Gasteiger partial charge in [-0.3, -0.25) is 0 Å². The summed E-state index contributed by atoms with van der Waals surface area (Å²) in [6.45, 7) is 3.68. The molecule has 2 atom stereocenters. The lowest BCUT2D eigenvalue weighted by Gasteiger charge is -2.19. The van der Waals surface area contributed by atoms with Gasteiger partial charge in [0, 0.05) is 6.04 Å². The Labute approximate surface area is 83.6 Å². The maximum Gasteiger partial charge on any atom is 0.123 e. The van der Waals surface area contributed by atoms with Gasteiger partial charge >= 0.3 is 0 Å². The van der Waals surface area contributed by atoms with E-state index >= 15 is 0 Å². The van der Waals surface area contributed by atoms with Gasteiger partial charge in [0.15, 0.2) is 0 Å². The summed E-state index contributed by atoms with van der Waals surface area (Å²) >= 11 is 0. The summed E-state index contributed by atoms with van der Waals surface area (Å²) in [5, 5.41) is 9.81. The maximum absolute atomic E-state index is 12.8. The summed E-state index contributed by atoms with van der Waals surface area (Å²) in [5.74, 6) is -0.288. The third kappa shape index (κ3) is 2.30. The van der Waals surface area contributed by atoms with Crippen molar-refractivity contribution in [1.82, 2.24) is 0 Å². The van der Waals surface area contributed by atoms with Crippen LogP contribution in [-0.4, -0.2) is 11.1 Å². The molecular weight excluding hydrogens is 181 g/mol. The van der Waals surface area contributed by atoms with E-state index in [1.807, 2.05) is 6.92 Å². The Kier molecular flexibility index (Phi) is 3.61. The van der Waals surface area contributed by atoms with Gasteiger partial charge in [0.2, 0.25) is 0 Å². The van der Waals surface area contributed by atoms with Crippen LogP contribution in [0.4, 0.5) is 4.39 Å². The van der Waals surface area contributed by atoms with Crippen molar-refractivity contribution in [3.63, 3.8) is 0 Å². The number of halogens is 1. The minimum absolute atomic E-state index is 0.288. The number of aliphatic hydroxyl groups excluding tert-OH is 1. The van der Waals surface area contributed by atoms with Crippen LogP contribution in [0.15, 0.2) is 18.2 Å². The monoisotopic (exact) mass is 197 g/mol. The molecule has 2 nitrogen and oxygen atoms in total. The highest BCUT2D eigenvalue weighted by molar-refractivity contribution is 5.29. The van der Waals surface area contributed by atoms with E-state index in [4.69, 9.17) is 5.73 Å². The molecule has 3 N–H and O–H groups in total. The molecule has 0 aromatic heterocycles. The molecule has 0 bridgehead atoms. The number of aryl methyl sites for hydroxylation is 1. The summed E-state index contributed by atoms with van der Waals surface area (Å²) < 4.78 is 12.8. The first-order valence-corrected chi connectivity index (χ1v) is 4.76. The van der Waals surface area contributed by atoms with Gasteiger partial charge in [-0.25, -0.2) is 4.39 Å². The predicted octanol–water partition coefficient (Wildman–Crippen LogP) is 1.90. The summed E-state index contributed by atoms with van der Waals surface area (Å²) in [5.41, 5.74) is 7.16. The number of benzene rings is 1. The van der Waals surface area contributed by atoms with Crippen LogP contribution in [0.3, 0.4) is 0 Å². The van der Waals surface area contributed by atoms with Gasteiger partial charge in [-0.15, -0.1) is 0 Å². The molecule has 2 unspecified atom stereocenters. The molecule has 1 aromatic rings. The topological polar surface area (TPSA) is 46.2 Å². The Morgan fingerprint density at radius 1 is 1.50 bits per heavy atom. The Bertz CT molecular complexity index is 314. The molecule has 0 radical (unpaired) electrons. The molecule has 0 aliphatic heterocycles. The standard InChI is InChI=1S/C11H16FNO/c1-3-10(13)11(14)9-5-4-8(12)6-7(9)2/h4-6,10-11,14H,3,13H2,1-2H3. The third-order valence-electron chi connectivity index (χ3n) is 2.43. The molecule has 1 aromatic carbocycles. The van der Waals surface area contributed by atoms with E-state index in [9.17, 15) is 9.50 Å². The molecule has 0 saturated carbocycles. The van der Waals surface area contributed by atoms with E-state index in [-0.39, 0.29) is 11.9 Å². The van der Waals surface area contributed by atoms with Crippen LogP contribution in [0.2, 0.25) is 0 Å². The van der Waals surface area contributed by atoms with Crippen LogP contribution in [0, 0.1) is 12.7 Å². The van der Waals surface area contributed by atoms with Crippen molar-refractivity contribution < 1.29 is 9.50 Å². The SMILES string of the molecule is CCC(N)C(O)c1ccc(F)cc1C. The van der Waals surface area contributed by atoms with E-state index in [1.165, 1.54) is 12.1 Å². The zero-order valence-corrected chi connectivity index (χ0v) is 8.50. The van der Waals surface area contributed by atoms with E-state index in [0.717, 1.165) is 5.56 Å². The number of aliphatic hydroxyl groups is 1. The fourth-order valence-corrected chi connectivity index (χ4v) is 1.42. The third-order valence-corrected chi connectivity index (χ3v) is 2.43. The minimum atomic E-state index is -0.708. The van der Waals surface area contributed by atoms with Crippen molar-refractivity contribution in [1.29, 1.82) is 0 Å². The van der Waals surface area contributed by atoms with Crippen LogP contribution in [-0.2, 0) is 0 Å². The second-order valence-corrected chi connectivity index (χ2v) is 3.52. The van der Waals surface area contributed by atoms with Crippen LogP contribution in [0.5, 0.6) is 0 Å². The summed E-state index contributed by atoms with van der Waals surface area (Å²) in [6, 6.07) is 4.04. The summed E-state index contributed by atoms with van der Waals surface area (Å²) in [6.07, 6.45) is -0.0153. The first kappa shape index (κ1) is 11.1. The lowest BCUT2D eigenvalue weighted by molar-refractivity contribution is 0.143. The molecule has 0 saturated heterocycles. The zero-order valence-electron chi connectivity index (χ0n) is 8.50. The maximum atomic E-state index is 12.8. The fourth-order valence-electron chi connectivity index (χ4n) is 1.42. The Balaban J connectivity index is 2.95. The molecule has 0 aliphatic carbocycles. The molecular formula is C11H16FNO. The smallest absolute Gasteiger partial charge is 0.123 e. The second-order valence-electron chi connectivity index (χ2n) is 3.52. The normalized spacial score (nSPS) is 15.2. The van der Waals surface area contributed by atoms with Crippen molar-refractivity contribution in [2.75, 3.05) is 0 Å². The fraction of sp³-hybridized carbons (Fsp3) is 0.455. The second kappa shape index (κ2) is 4.53. The van der Waals surface area contributed by atoms with E-state index in [1.54, 1.807) is 13.0 Å². The average molecular weight is 197 g/mol. The van der Waals surface area contributed by atoms with Gasteiger partial charge in [-0.05, 0) is 36.6 Å². The van der Waals surface area contributed by atoms with Crippen molar-refractivity contribution >= 4 is 0 Å². The number of hydrogen-bond acceptors (Lipinski definition) is 2. The van der Waals surface area contributed by atoms with Crippen molar-refractivity contribution in [2.24, 2.45) is 5.73 Å². The van der Waals surface area contributed by atoms with E-state index < -0.39 is 6.10 Å². The Hall–Kier alpha value is -0.930. The van der Waals surface area contributed by atoms with E-state index in [0.29, 0.717) is 12.0 Å². The largest absolute Gasteiger partial charge is 0.387 e. The molecule has 3 heteroatoms. The number of rotatable bonds is 3. The lowest BCUT2D eigenvalue weighted by atomic mass is 9.97. The van der Waals surface area contributed by atoms with Crippen LogP contribution >= 0.6 is 0 Å². The summed E-state index contributed by atoms with van der Waals surface area (Å²) in [7, 11) is 0. The van der Waals surface area contributed by atoms with Crippen molar-refractivity contribution in [3.8, 4) is 0 Å². The highest BCUT2D eigenvalue weighted by atomic mass is 19.1. The van der Waals surface area contributed by atoms with Gasteiger partial charge in [-0.1, -0.05) is 13.0 Å². The molecule has 0 aliphatic rings. The molecule has 0 fully saturated rings. The van der Waals surface area contributed by atoms with Gasteiger partial charge < -0.3 is 10.8 Å². The molecule has 0 amide bonds. The minimum Gasteiger partial charge on any atom is -0.387 e. The van der Waals surface area contributed by atoms with Gasteiger partial charge in [-0.2, -0.15) is 0 Å². The zero-order chi connectivity index (χ0) is 10.7. The van der Waals surface area contributed by atoms with Crippen molar-refractivity contribution in [3.05, 3.63) is 35.1 Å². The van der Waals surface area contributed by atoms with Crippen molar-refractivity contribution in [2.45, 2.75) is 32.4 Å². The Morgan fingerprint density at radius 2 is 2.14 bits per heavy atom. The Morgan fingerprint density at radius 3 is 2.64 bits per heavy atom. The molecule has 14 heavy (non-hydrogen) atoms. The highest BCUT2D eigenvalue weighted by Crippen LogP contribution is 2.21. The van der Waals surface area contributed by atoms with Gasteiger partial charge in [0.25, 0.3) is 0 Å². The molecule has 0 heterocycles. The van der Waals surface area contributed by atoms with Crippen LogP contribution in [0.25, 0.3) is 0 Å². The molecule has 78 valence electrons. The quantitative estimate of drug-likeness (QED) is 0.777. The highest BCUT2D eigenvalue weighted by Gasteiger charge is 2.16. The van der Waals surface area contributed by atoms with Crippen LogP contribution < -0.4 is 5.73 Å². The summed E-state index contributed by atoms with van der Waals surface area (Å²) in [4.78, 5) is 0.